The van der Waals surface area contributed by atoms with E-state index < -0.39 is 0 Å². The van der Waals surface area contributed by atoms with E-state index >= 15 is 0 Å². The van der Waals surface area contributed by atoms with Gasteiger partial charge in [0.2, 0.25) is 0 Å². The van der Waals surface area contributed by atoms with Crippen LogP contribution in [0, 0.1) is 5.92 Å². The highest BCUT2D eigenvalue weighted by Crippen LogP contribution is 2.32. The Morgan fingerprint density at radius 3 is 2.69 bits per heavy atom. The van der Waals surface area contributed by atoms with Crippen LogP contribution in [0.1, 0.15) is 25.7 Å². The number of nitrogens with two attached hydrogens (primary N) is 1. The maximum absolute atomic E-state index is 9.50. The van der Waals surface area contributed by atoms with Crippen molar-refractivity contribution in [2.75, 3.05) is 6.54 Å². The number of nitrogens with zero attached hydrogens (tertiary/aromatic N) is 1. The minimum absolute atomic E-state index is 0.278. The van der Waals surface area contributed by atoms with Gasteiger partial charge >= 0.3 is 0 Å². The fourth-order valence-corrected chi connectivity index (χ4v) is 1.30. The zero-order valence-electron chi connectivity index (χ0n) is 7.74. The van der Waals surface area contributed by atoms with Crippen LogP contribution in [-0.4, -0.2) is 29.8 Å². The van der Waals surface area contributed by atoms with Gasteiger partial charge < -0.3 is 16.2 Å². The smallest absolute Gasteiger partial charge is 0.188 e. The molecule has 4 N–H and O–H groups in total. The van der Waals surface area contributed by atoms with Crippen molar-refractivity contribution in [3.05, 3.63) is 0 Å². The second kappa shape index (κ2) is 3.54. The van der Waals surface area contributed by atoms with E-state index in [1.807, 2.05) is 0 Å². The molecule has 2 rings (SSSR count). The fraction of sp³-hybridized carbons (Fsp3) is 0.889. The second-order valence-electron chi connectivity index (χ2n) is 4.05. The topological polar surface area (TPSA) is 70.6 Å². The Labute approximate surface area is 78.2 Å². The summed E-state index contributed by atoms with van der Waals surface area (Å²) < 4.78 is 0. The van der Waals surface area contributed by atoms with Gasteiger partial charge in [0.25, 0.3) is 0 Å². The van der Waals surface area contributed by atoms with E-state index in [-0.39, 0.29) is 6.10 Å². The van der Waals surface area contributed by atoms with Crippen molar-refractivity contribution in [2.24, 2.45) is 16.6 Å². The maximum Gasteiger partial charge on any atom is 0.188 e. The first-order valence-corrected chi connectivity index (χ1v) is 5.00. The van der Waals surface area contributed by atoms with Crippen molar-refractivity contribution in [2.45, 2.75) is 37.8 Å². The third-order valence-electron chi connectivity index (χ3n) is 2.54. The van der Waals surface area contributed by atoms with Crippen LogP contribution in [0.2, 0.25) is 0 Å². The molecule has 0 heterocycles. The van der Waals surface area contributed by atoms with Gasteiger partial charge in [-0.3, -0.25) is 4.99 Å². The van der Waals surface area contributed by atoms with Crippen LogP contribution < -0.4 is 11.1 Å². The standard InChI is InChI=1S/C9H17N3O/c10-9(12-7-3-4-7)11-5-8(13)6-1-2-6/h6-8,13H,1-5H2,(H3,10,11,12). The SMILES string of the molecule is NC(=NCC(O)C1CC1)NC1CC1. The number of nitrogens with one attached hydrogen (secondary N) is 1. The maximum atomic E-state index is 9.50. The molecule has 1 atom stereocenters. The lowest BCUT2D eigenvalue weighted by molar-refractivity contribution is 0.160. The number of aliphatic imine (C=N–C) groups is 1. The molecule has 0 radical (unpaired) electrons. The summed E-state index contributed by atoms with van der Waals surface area (Å²) in [6, 6.07) is 0.543. The Morgan fingerprint density at radius 2 is 2.15 bits per heavy atom. The first-order valence-electron chi connectivity index (χ1n) is 5.00. The fourth-order valence-electron chi connectivity index (χ4n) is 1.30. The van der Waals surface area contributed by atoms with Crippen LogP contribution >= 0.6 is 0 Å². The summed E-state index contributed by atoms with van der Waals surface area (Å²) >= 11 is 0. The number of guanidine groups is 1. The monoisotopic (exact) mass is 183 g/mol. The highest BCUT2D eigenvalue weighted by atomic mass is 16.3. The number of hydrogen-bond donors (Lipinski definition) is 3. The molecule has 0 aliphatic heterocycles. The van der Waals surface area contributed by atoms with Gasteiger partial charge in [0.1, 0.15) is 0 Å². The molecule has 74 valence electrons. The largest absolute Gasteiger partial charge is 0.391 e. The summed E-state index contributed by atoms with van der Waals surface area (Å²) in [5, 5.41) is 12.6. The normalized spacial score (nSPS) is 25.8. The third kappa shape index (κ3) is 2.88. The molecule has 0 saturated heterocycles. The molecule has 0 amide bonds. The average Bonchev–Trinajstić information content (AvgIpc) is 2.90. The Kier molecular flexibility index (Phi) is 2.40. The van der Waals surface area contributed by atoms with E-state index in [0.717, 1.165) is 12.8 Å². The quantitative estimate of drug-likeness (QED) is 0.418. The zero-order valence-corrected chi connectivity index (χ0v) is 7.74. The molecule has 2 fully saturated rings. The lowest BCUT2D eigenvalue weighted by Gasteiger charge is -2.07. The summed E-state index contributed by atoms with van der Waals surface area (Å²) in [5.41, 5.74) is 5.61. The van der Waals surface area contributed by atoms with Crippen molar-refractivity contribution >= 4 is 5.96 Å². The van der Waals surface area contributed by atoms with Crippen molar-refractivity contribution in [3.63, 3.8) is 0 Å². The number of aliphatic hydroxyl groups is 1. The highest BCUT2D eigenvalue weighted by Gasteiger charge is 2.29. The first-order chi connectivity index (χ1) is 6.25. The molecule has 0 aromatic heterocycles. The zero-order chi connectivity index (χ0) is 9.26. The van der Waals surface area contributed by atoms with Gasteiger partial charge in [-0.25, -0.2) is 0 Å². The Hall–Kier alpha value is -0.770. The van der Waals surface area contributed by atoms with Crippen LogP contribution in [0.25, 0.3) is 0 Å². The van der Waals surface area contributed by atoms with Crippen LogP contribution in [0.4, 0.5) is 0 Å². The summed E-state index contributed by atoms with van der Waals surface area (Å²) in [7, 11) is 0. The number of hydrogen-bond acceptors (Lipinski definition) is 2. The average molecular weight is 183 g/mol. The van der Waals surface area contributed by atoms with E-state index in [2.05, 4.69) is 10.3 Å². The van der Waals surface area contributed by atoms with E-state index in [4.69, 9.17) is 5.73 Å². The van der Waals surface area contributed by atoms with Crippen molar-refractivity contribution < 1.29 is 5.11 Å². The molecule has 2 aliphatic rings. The van der Waals surface area contributed by atoms with Gasteiger partial charge in [-0.15, -0.1) is 0 Å². The molecular formula is C9H17N3O. The van der Waals surface area contributed by atoms with E-state index in [0.29, 0.717) is 24.5 Å². The van der Waals surface area contributed by atoms with Crippen LogP contribution in [-0.2, 0) is 0 Å². The minimum atomic E-state index is -0.278. The molecule has 0 spiro atoms. The number of rotatable bonds is 4. The summed E-state index contributed by atoms with van der Waals surface area (Å²) in [6.45, 7) is 0.455. The Morgan fingerprint density at radius 1 is 1.46 bits per heavy atom. The van der Waals surface area contributed by atoms with Gasteiger partial charge in [-0.2, -0.15) is 0 Å². The van der Waals surface area contributed by atoms with Gasteiger partial charge in [-0.05, 0) is 31.6 Å². The lowest BCUT2D eigenvalue weighted by Crippen LogP contribution is -2.34. The molecule has 0 aromatic rings. The van der Waals surface area contributed by atoms with E-state index in [9.17, 15) is 5.11 Å². The summed E-state index contributed by atoms with van der Waals surface area (Å²) in [6.07, 6.45) is 4.40. The summed E-state index contributed by atoms with van der Waals surface area (Å²) in [5.74, 6) is 0.972. The molecule has 4 nitrogen and oxygen atoms in total. The highest BCUT2D eigenvalue weighted by molar-refractivity contribution is 5.78. The van der Waals surface area contributed by atoms with Gasteiger partial charge in [0, 0.05) is 6.04 Å². The number of aliphatic hydroxyl groups excluding tert-OH is 1. The third-order valence-corrected chi connectivity index (χ3v) is 2.54. The van der Waals surface area contributed by atoms with Crippen LogP contribution in [0.5, 0.6) is 0 Å². The molecule has 1 unspecified atom stereocenters. The lowest BCUT2D eigenvalue weighted by atomic mass is 10.2. The van der Waals surface area contributed by atoms with Crippen LogP contribution in [0.3, 0.4) is 0 Å². The summed E-state index contributed by atoms with van der Waals surface area (Å²) in [4.78, 5) is 4.10. The molecule has 13 heavy (non-hydrogen) atoms. The van der Waals surface area contributed by atoms with Crippen molar-refractivity contribution in [1.29, 1.82) is 0 Å². The predicted molar refractivity (Wildman–Crippen MR) is 51.4 cm³/mol. The molecule has 0 bridgehead atoms. The second-order valence-corrected chi connectivity index (χ2v) is 4.05. The molecule has 4 heteroatoms. The Balaban J connectivity index is 1.67. The molecule has 0 aromatic carbocycles. The van der Waals surface area contributed by atoms with Gasteiger partial charge in [-0.1, -0.05) is 0 Å². The van der Waals surface area contributed by atoms with Crippen LogP contribution in [0.15, 0.2) is 4.99 Å². The van der Waals surface area contributed by atoms with Crippen molar-refractivity contribution in [1.82, 2.24) is 5.32 Å². The minimum Gasteiger partial charge on any atom is -0.391 e. The van der Waals surface area contributed by atoms with E-state index in [1.54, 1.807) is 0 Å². The molecule has 2 saturated carbocycles. The molecule has 2 aliphatic carbocycles. The van der Waals surface area contributed by atoms with Crippen molar-refractivity contribution in [3.8, 4) is 0 Å². The van der Waals surface area contributed by atoms with E-state index in [1.165, 1.54) is 12.8 Å². The van der Waals surface area contributed by atoms with Gasteiger partial charge in [0.15, 0.2) is 5.96 Å². The Bertz CT molecular complexity index is 209. The van der Waals surface area contributed by atoms with Gasteiger partial charge in [0.05, 0.1) is 12.6 Å². The molecular weight excluding hydrogens is 166 g/mol. The predicted octanol–water partition coefficient (Wildman–Crippen LogP) is -0.176. The first kappa shape index (κ1) is 8.81.